The summed E-state index contributed by atoms with van der Waals surface area (Å²) in [6.45, 7) is 7.22. The molecular weight excluding hydrogens is 240 g/mol. The van der Waals surface area contributed by atoms with Crippen LogP contribution in [0.1, 0.15) is 53.4 Å². The Hall–Kier alpha value is -0.710. The molecule has 5 heteroatoms. The van der Waals surface area contributed by atoms with E-state index in [0.29, 0.717) is 12.8 Å². The van der Waals surface area contributed by atoms with Gasteiger partial charge in [0.15, 0.2) is 0 Å². The van der Waals surface area contributed by atoms with Crippen LogP contribution in [0, 0.1) is 0 Å². The number of carbonyl (C=O) groups is 1. The van der Waals surface area contributed by atoms with E-state index < -0.39 is 17.6 Å². The van der Waals surface area contributed by atoms with Gasteiger partial charge in [-0.05, 0) is 33.6 Å². The normalized spacial score (nSPS) is 24.9. The van der Waals surface area contributed by atoms with Crippen LogP contribution in [0.5, 0.6) is 0 Å². The molecule has 1 rings (SSSR count). The van der Waals surface area contributed by atoms with Gasteiger partial charge >= 0.3 is 5.97 Å². The molecule has 1 aliphatic carbocycles. The summed E-state index contributed by atoms with van der Waals surface area (Å²) in [6, 6.07) is -0.791. The maximum absolute atomic E-state index is 13.1. The molecule has 0 bridgehead atoms. The van der Waals surface area contributed by atoms with Crippen LogP contribution in [0.4, 0.5) is 8.78 Å². The summed E-state index contributed by atoms with van der Waals surface area (Å²) < 4.78 is 31.4. The molecule has 0 spiro atoms. The van der Waals surface area contributed by atoms with E-state index in [0.717, 1.165) is 0 Å². The van der Waals surface area contributed by atoms with Gasteiger partial charge in [-0.3, -0.25) is 4.79 Å². The molecule has 1 fully saturated rings. The minimum atomic E-state index is -2.59. The zero-order valence-corrected chi connectivity index (χ0v) is 11.6. The molecule has 0 aromatic heterocycles. The Labute approximate surface area is 107 Å². The summed E-state index contributed by atoms with van der Waals surface area (Å²) in [5.41, 5.74) is -0.550. The van der Waals surface area contributed by atoms with E-state index in [2.05, 4.69) is 5.32 Å². The summed E-state index contributed by atoms with van der Waals surface area (Å²) in [4.78, 5) is 11.9. The third kappa shape index (κ3) is 4.88. The fourth-order valence-electron chi connectivity index (χ4n) is 2.10. The van der Waals surface area contributed by atoms with Crippen LogP contribution in [0.25, 0.3) is 0 Å². The summed E-state index contributed by atoms with van der Waals surface area (Å²) in [5, 5.41) is 2.99. The Bertz CT molecular complexity index is 300. The van der Waals surface area contributed by atoms with Crippen molar-refractivity contribution in [2.45, 2.75) is 77.0 Å². The first-order chi connectivity index (χ1) is 8.13. The van der Waals surface area contributed by atoms with Crippen LogP contribution in [-0.2, 0) is 9.53 Å². The minimum Gasteiger partial charge on any atom is -0.459 e. The minimum absolute atomic E-state index is 0.102. The molecule has 1 saturated carbocycles. The lowest BCUT2D eigenvalue weighted by Gasteiger charge is -2.26. The number of ether oxygens (including phenoxy) is 1. The van der Waals surface area contributed by atoms with Gasteiger partial charge in [0, 0.05) is 18.9 Å². The Balaban J connectivity index is 2.50. The van der Waals surface area contributed by atoms with Gasteiger partial charge in [0.1, 0.15) is 11.6 Å². The topological polar surface area (TPSA) is 38.3 Å². The molecular formula is C13H23F2NO2. The lowest BCUT2D eigenvalue weighted by atomic mass is 10.1. The van der Waals surface area contributed by atoms with Crippen LogP contribution in [0.2, 0.25) is 0 Å². The average Bonchev–Trinajstić information content (AvgIpc) is 2.51. The molecule has 3 nitrogen and oxygen atoms in total. The molecule has 1 unspecified atom stereocenters. The molecule has 0 heterocycles. The molecule has 18 heavy (non-hydrogen) atoms. The number of carbonyl (C=O) groups excluding carboxylic acids is 1. The summed E-state index contributed by atoms with van der Waals surface area (Å²) in [7, 11) is 0. The Morgan fingerprint density at radius 3 is 2.50 bits per heavy atom. The number of alkyl halides is 2. The molecule has 0 saturated heterocycles. The van der Waals surface area contributed by atoms with E-state index in [4.69, 9.17) is 4.74 Å². The highest BCUT2D eigenvalue weighted by molar-refractivity contribution is 5.76. The van der Waals surface area contributed by atoms with E-state index in [-0.39, 0.29) is 24.9 Å². The van der Waals surface area contributed by atoms with E-state index in [1.807, 2.05) is 6.92 Å². The molecule has 1 N–H and O–H groups in total. The van der Waals surface area contributed by atoms with Crippen LogP contribution in [-0.4, -0.2) is 29.6 Å². The number of hydrogen-bond donors (Lipinski definition) is 1. The van der Waals surface area contributed by atoms with E-state index in [9.17, 15) is 13.6 Å². The monoisotopic (exact) mass is 263 g/mol. The molecule has 1 aliphatic rings. The molecule has 0 amide bonds. The Kier molecular flexibility index (Phi) is 4.70. The Morgan fingerprint density at radius 2 is 2.11 bits per heavy atom. The van der Waals surface area contributed by atoms with Crippen molar-refractivity contribution in [3.05, 3.63) is 0 Å². The molecule has 0 aromatic carbocycles. The van der Waals surface area contributed by atoms with Gasteiger partial charge in [-0.15, -0.1) is 0 Å². The predicted molar refractivity (Wildman–Crippen MR) is 65.6 cm³/mol. The van der Waals surface area contributed by atoms with Gasteiger partial charge in [-0.1, -0.05) is 6.92 Å². The highest BCUT2D eigenvalue weighted by Crippen LogP contribution is 2.35. The van der Waals surface area contributed by atoms with Crippen molar-refractivity contribution in [2.24, 2.45) is 0 Å². The van der Waals surface area contributed by atoms with Crippen molar-refractivity contribution in [1.82, 2.24) is 5.32 Å². The van der Waals surface area contributed by atoms with Crippen molar-refractivity contribution in [1.29, 1.82) is 0 Å². The lowest BCUT2D eigenvalue weighted by molar-refractivity contribution is -0.157. The summed E-state index contributed by atoms with van der Waals surface area (Å²) >= 11 is 0. The quantitative estimate of drug-likeness (QED) is 0.793. The molecule has 2 atom stereocenters. The van der Waals surface area contributed by atoms with Gasteiger partial charge in [-0.2, -0.15) is 0 Å². The number of halogens is 2. The van der Waals surface area contributed by atoms with E-state index in [1.165, 1.54) is 0 Å². The van der Waals surface area contributed by atoms with Crippen LogP contribution in [0.15, 0.2) is 0 Å². The first-order valence-electron chi connectivity index (χ1n) is 6.50. The third-order valence-electron chi connectivity index (χ3n) is 2.94. The zero-order chi connectivity index (χ0) is 14.0. The van der Waals surface area contributed by atoms with Gasteiger partial charge in [0.05, 0.1) is 0 Å². The van der Waals surface area contributed by atoms with Crippen LogP contribution >= 0.6 is 0 Å². The molecule has 106 valence electrons. The second-order valence-corrected chi connectivity index (χ2v) is 5.96. The predicted octanol–water partition coefficient (Wildman–Crippen LogP) is 2.88. The fraction of sp³-hybridized carbons (Fsp3) is 0.923. The number of hydrogen-bond acceptors (Lipinski definition) is 3. The highest BCUT2D eigenvalue weighted by atomic mass is 19.3. The number of nitrogens with one attached hydrogen (secondary N) is 1. The van der Waals surface area contributed by atoms with Gasteiger partial charge < -0.3 is 10.1 Å². The summed E-state index contributed by atoms with van der Waals surface area (Å²) in [6.07, 6.45) is 0.658. The molecule has 0 radical (unpaired) electrons. The van der Waals surface area contributed by atoms with Crippen molar-refractivity contribution < 1.29 is 18.3 Å². The SMILES string of the molecule is CCC(N[C@@H]1CCC(F)(F)C1)C(=O)OC(C)(C)C. The Morgan fingerprint density at radius 1 is 1.50 bits per heavy atom. The fourth-order valence-corrected chi connectivity index (χ4v) is 2.10. The molecule has 0 aromatic rings. The van der Waals surface area contributed by atoms with Gasteiger partial charge in [-0.25, -0.2) is 8.78 Å². The first kappa shape index (κ1) is 15.3. The highest BCUT2D eigenvalue weighted by Gasteiger charge is 2.40. The van der Waals surface area contributed by atoms with Crippen LogP contribution in [0.3, 0.4) is 0 Å². The number of esters is 1. The molecule has 0 aliphatic heterocycles. The average molecular weight is 263 g/mol. The van der Waals surface area contributed by atoms with Crippen LogP contribution < -0.4 is 5.32 Å². The third-order valence-corrected chi connectivity index (χ3v) is 2.94. The maximum Gasteiger partial charge on any atom is 0.323 e. The van der Waals surface area contributed by atoms with E-state index in [1.54, 1.807) is 20.8 Å². The lowest BCUT2D eigenvalue weighted by Crippen LogP contribution is -2.45. The van der Waals surface area contributed by atoms with Gasteiger partial charge in [0.25, 0.3) is 0 Å². The first-order valence-corrected chi connectivity index (χ1v) is 6.50. The maximum atomic E-state index is 13.1. The second kappa shape index (κ2) is 5.51. The van der Waals surface area contributed by atoms with Crippen molar-refractivity contribution in [3.8, 4) is 0 Å². The zero-order valence-electron chi connectivity index (χ0n) is 11.6. The van der Waals surface area contributed by atoms with Crippen molar-refractivity contribution in [3.63, 3.8) is 0 Å². The van der Waals surface area contributed by atoms with Crippen molar-refractivity contribution in [2.75, 3.05) is 0 Å². The van der Waals surface area contributed by atoms with Gasteiger partial charge in [0.2, 0.25) is 5.92 Å². The standard InChI is InChI=1S/C13H23F2NO2/c1-5-10(11(17)18-12(2,3)4)16-9-6-7-13(14,15)8-9/h9-10,16H,5-8H2,1-4H3/t9-,10?/m1/s1. The summed E-state index contributed by atoms with van der Waals surface area (Å²) in [5.74, 6) is -2.95. The second-order valence-electron chi connectivity index (χ2n) is 5.96. The smallest absolute Gasteiger partial charge is 0.323 e. The number of rotatable bonds is 4. The largest absolute Gasteiger partial charge is 0.459 e. The van der Waals surface area contributed by atoms with E-state index >= 15 is 0 Å². The van der Waals surface area contributed by atoms with Crippen molar-refractivity contribution >= 4 is 5.97 Å².